The molecule has 51 heavy (non-hydrogen) atoms. The van der Waals surface area contributed by atoms with Crippen molar-refractivity contribution in [1.29, 1.82) is 0 Å². The van der Waals surface area contributed by atoms with Gasteiger partial charge in [-0.05, 0) is 100 Å². The third-order valence-electron chi connectivity index (χ3n) is 14.4. The van der Waals surface area contributed by atoms with Crippen LogP contribution in [0.15, 0.2) is 35.5 Å². The molecule has 1 aromatic rings. The van der Waals surface area contributed by atoms with Crippen molar-refractivity contribution >= 4 is 11.9 Å². The number of para-hydroxylation sites is 1. The molecule has 16 atom stereocenters. The number of nitrogens with zero attached hydrogens (tertiary/aromatic N) is 1. The Balaban J connectivity index is 1.05. The van der Waals surface area contributed by atoms with Crippen LogP contribution in [-0.2, 0) is 43.3 Å². The topological polar surface area (TPSA) is 122 Å². The Bertz CT molecular complexity index is 1530. The summed E-state index contributed by atoms with van der Waals surface area (Å²) >= 11 is 0. The highest BCUT2D eigenvalue weighted by Crippen LogP contribution is 2.63. The molecule has 8 heterocycles. The first-order valence-corrected chi connectivity index (χ1v) is 19.4. The van der Waals surface area contributed by atoms with Gasteiger partial charge in [-0.15, -0.1) is 0 Å². The van der Waals surface area contributed by atoms with Crippen molar-refractivity contribution in [2.75, 3.05) is 0 Å². The number of oxime groups is 1. The molecule has 2 saturated carbocycles. The molecule has 0 amide bonds. The van der Waals surface area contributed by atoms with Crippen LogP contribution in [-0.4, -0.2) is 59.4 Å². The number of fused-ring (bicyclic) bond motifs is 4. The van der Waals surface area contributed by atoms with Crippen molar-refractivity contribution < 1.29 is 52.9 Å². The standard InChI is InChI=1S/C39H53NO11/c1-21-12-14-28-23(3)31(43-33-38(28)26(21)16-18-36(5,45-33)48-50-38)20-30(40-47-35(41)42-25-10-8-7-9-11-25)32-24(4)29-15-13-22(2)27-17-19-37(6)46-34(44-32)39(27,29)51-49-37/h7-11,21-24,26-29,31-34H,12-20H2,1-6H3/b40-30-/t21-,22-,23-,24-,26+,27+,28+,29+,31-,32+,33-,34-,36?,37?,38-,39-/m1/s1. The molecule has 11 rings (SSSR count). The van der Waals surface area contributed by atoms with Crippen LogP contribution in [0.1, 0.15) is 99.3 Å². The smallest absolute Gasteiger partial charge is 0.393 e. The summed E-state index contributed by atoms with van der Waals surface area (Å²) in [5.74, 6) is 0.105. The lowest BCUT2D eigenvalue weighted by molar-refractivity contribution is -0.571. The molecule has 2 aliphatic carbocycles. The summed E-state index contributed by atoms with van der Waals surface area (Å²) < 4.78 is 32.8. The van der Waals surface area contributed by atoms with Gasteiger partial charge in [0.15, 0.2) is 23.8 Å². The van der Waals surface area contributed by atoms with Crippen LogP contribution in [0.4, 0.5) is 4.79 Å². The van der Waals surface area contributed by atoms with E-state index in [0.29, 0.717) is 36.1 Å². The highest BCUT2D eigenvalue weighted by atomic mass is 17.3. The molecular weight excluding hydrogens is 658 g/mol. The van der Waals surface area contributed by atoms with Gasteiger partial charge in [-0.2, -0.15) is 0 Å². The van der Waals surface area contributed by atoms with Crippen molar-refractivity contribution in [2.24, 2.45) is 52.5 Å². The first-order chi connectivity index (χ1) is 24.4. The predicted octanol–water partition coefficient (Wildman–Crippen LogP) is 7.45. The number of carbonyl (C=O) groups is 1. The zero-order valence-corrected chi connectivity index (χ0v) is 30.6. The fourth-order valence-corrected chi connectivity index (χ4v) is 11.6. The van der Waals surface area contributed by atoms with Gasteiger partial charge in [0.05, 0.1) is 11.8 Å². The SMILES string of the molecule is C[C@H]1[C@@H](/C(C[C@H]2O[C@@H]3OC4(C)CC[C@H]5[C@H](C)CC[C@@H]([C@H]2C)[C@@]35OO4)=N\OC(=O)Oc2ccccc2)O[C@@H]2OC3(C)CC[C@H]4[C@H](C)CC[C@@H]1[C@@]24OO3. The Hall–Kier alpha value is -2.16. The van der Waals surface area contributed by atoms with E-state index < -0.39 is 47.6 Å². The number of benzene rings is 1. The van der Waals surface area contributed by atoms with Crippen molar-refractivity contribution in [2.45, 2.75) is 147 Å². The van der Waals surface area contributed by atoms with Gasteiger partial charge in [0, 0.05) is 31.1 Å². The second-order valence-electron chi connectivity index (χ2n) is 17.3. The van der Waals surface area contributed by atoms with E-state index >= 15 is 0 Å². The maximum Gasteiger partial charge on any atom is 0.540 e. The number of rotatable bonds is 5. The summed E-state index contributed by atoms with van der Waals surface area (Å²) in [5, 5.41) is 4.57. The minimum atomic E-state index is -0.928. The first kappa shape index (κ1) is 34.6. The average molecular weight is 712 g/mol. The van der Waals surface area contributed by atoms with Gasteiger partial charge in [-0.25, -0.2) is 24.3 Å². The van der Waals surface area contributed by atoms with Crippen LogP contribution in [0.3, 0.4) is 0 Å². The lowest BCUT2D eigenvalue weighted by Crippen LogP contribution is -2.71. The van der Waals surface area contributed by atoms with E-state index in [-0.39, 0.29) is 41.6 Å². The molecule has 0 N–H and O–H groups in total. The Morgan fingerprint density at radius 2 is 1.29 bits per heavy atom. The Kier molecular flexibility index (Phi) is 8.44. The van der Waals surface area contributed by atoms with Crippen LogP contribution >= 0.6 is 0 Å². The third kappa shape index (κ3) is 5.37. The van der Waals surface area contributed by atoms with Crippen LogP contribution < -0.4 is 4.74 Å². The van der Waals surface area contributed by atoms with Crippen molar-refractivity contribution in [3.8, 4) is 5.75 Å². The summed E-state index contributed by atoms with van der Waals surface area (Å²) in [5.41, 5.74) is -0.869. The van der Waals surface area contributed by atoms with E-state index in [1.54, 1.807) is 24.3 Å². The fraction of sp³-hybridized carbons (Fsp3) is 0.795. The van der Waals surface area contributed by atoms with Gasteiger partial charge in [0.1, 0.15) is 11.9 Å². The first-order valence-electron chi connectivity index (χ1n) is 19.4. The van der Waals surface area contributed by atoms with Crippen LogP contribution in [0.5, 0.6) is 5.75 Å². The molecule has 2 spiro atoms. The molecule has 1 aromatic carbocycles. The van der Waals surface area contributed by atoms with Crippen molar-refractivity contribution in [1.82, 2.24) is 0 Å². The monoisotopic (exact) mass is 711 g/mol. The second-order valence-corrected chi connectivity index (χ2v) is 17.3. The van der Waals surface area contributed by atoms with E-state index in [4.69, 9.17) is 48.1 Å². The van der Waals surface area contributed by atoms with Gasteiger partial charge in [-0.3, -0.25) is 4.84 Å². The van der Waals surface area contributed by atoms with Crippen LogP contribution in [0.2, 0.25) is 0 Å². The summed E-state index contributed by atoms with van der Waals surface area (Å²) in [7, 11) is 0. The molecule has 12 nitrogen and oxygen atoms in total. The average Bonchev–Trinajstić information content (AvgIpc) is 3.49. The van der Waals surface area contributed by atoms with Crippen molar-refractivity contribution in [3.63, 3.8) is 0 Å². The molecule has 10 fully saturated rings. The molecule has 280 valence electrons. The van der Waals surface area contributed by atoms with E-state index in [9.17, 15) is 4.79 Å². The number of hydrogen-bond acceptors (Lipinski definition) is 12. The molecule has 4 bridgehead atoms. The summed E-state index contributed by atoms with van der Waals surface area (Å²) in [6, 6.07) is 8.81. The van der Waals surface area contributed by atoms with E-state index in [1.165, 1.54) is 0 Å². The molecule has 0 radical (unpaired) electrons. The lowest BCUT2D eigenvalue weighted by Gasteiger charge is -2.61. The third-order valence-corrected chi connectivity index (χ3v) is 14.4. The highest BCUT2D eigenvalue weighted by molar-refractivity contribution is 5.90. The van der Waals surface area contributed by atoms with Gasteiger partial charge < -0.3 is 23.7 Å². The molecule has 8 aliphatic heterocycles. The van der Waals surface area contributed by atoms with Gasteiger partial charge in [0.2, 0.25) is 11.6 Å². The number of carbonyl (C=O) groups excluding carboxylic acids is 1. The minimum Gasteiger partial charge on any atom is -0.393 e. The zero-order chi connectivity index (χ0) is 35.3. The maximum absolute atomic E-state index is 13.1. The molecular formula is C39H53NO11. The summed E-state index contributed by atoms with van der Waals surface area (Å²) in [6.45, 7) is 12.9. The van der Waals surface area contributed by atoms with E-state index in [0.717, 1.165) is 44.9 Å². The maximum atomic E-state index is 13.1. The molecule has 12 heteroatoms. The zero-order valence-electron chi connectivity index (χ0n) is 30.6. The fourth-order valence-electron chi connectivity index (χ4n) is 11.6. The number of hydrogen-bond donors (Lipinski definition) is 0. The van der Waals surface area contributed by atoms with Crippen LogP contribution in [0, 0.1) is 47.3 Å². The normalized spacial score (nSPS) is 51.5. The Morgan fingerprint density at radius 3 is 1.90 bits per heavy atom. The summed E-state index contributed by atoms with van der Waals surface area (Å²) in [6.07, 6.45) is 4.66. The molecule has 2 unspecified atom stereocenters. The molecule has 0 aromatic heterocycles. The predicted molar refractivity (Wildman–Crippen MR) is 179 cm³/mol. The van der Waals surface area contributed by atoms with E-state index in [2.05, 4.69) is 32.9 Å². The van der Waals surface area contributed by atoms with Gasteiger partial charge in [-0.1, -0.05) is 51.0 Å². The van der Waals surface area contributed by atoms with E-state index in [1.807, 2.05) is 19.9 Å². The lowest BCUT2D eigenvalue weighted by atomic mass is 9.56. The molecule has 8 saturated heterocycles. The minimum absolute atomic E-state index is 0.0540. The largest absolute Gasteiger partial charge is 0.540 e. The van der Waals surface area contributed by atoms with Gasteiger partial charge in [0.25, 0.3) is 0 Å². The second kappa shape index (κ2) is 12.4. The quantitative estimate of drug-likeness (QED) is 0.0756. The summed E-state index contributed by atoms with van der Waals surface area (Å²) in [4.78, 5) is 43.5. The Labute approximate surface area is 299 Å². The van der Waals surface area contributed by atoms with Gasteiger partial charge >= 0.3 is 6.16 Å². The Morgan fingerprint density at radius 1 is 0.725 bits per heavy atom. The highest BCUT2D eigenvalue weighted by Gasteiger charge is 2.71. The van der Waals surface area contributed by atoms with Crippen LogP contribution in [0.25, 0.3) is 0 Å². The molecule has 10 aliphatic rings. The van der Waals surface area contributed by atoms with Crippen molar-refractivity contribution in [3.05, 3.63) is 30.3 Å². The number of ether oxygens (including phenoxy) is 5.